The largest absolute Gasteiger partial charge is 0.481 e. The van der Waals surface area contributed by atoms with Gasteiger partial charge in [0.25, 0.3) is 0 Å². The average molecular weight is 395 g/mol. The summed E-state index contributed by atoms with van der Waals surface area (Å²) in [6.45, 7) is 2.03. The number of hydrogen-bond acceptors (Lipinski definition) is 4. The highest BCUT2D eigenvalue weighted by atomic mass is 32.2. The van der Waals surface area contributed by atoms with Crippen LogP contribution >= 0.6 is 0 Å². The number of piperidine rings is 1. The molecule has 2 saturated heterocycles. The third kappa shape index (κ3) is 4.59. The van der Waals surface area contributed by atoms with E-state index in [1.807, 2.05) is 0 Å². The zero-order valence-corrected chi connectivity index (χ0v) is 16.0. The van der Waals surface area contributed by atoms with Gasteiger partial charge in [-0.25, -0.2) is 13.2 Å². The van der Waals surface area contributed by atoms with Gasteiger partial charge in [0.15, 0.2) is 0 Å². The lowest BCUT2D eigenvalue weighted by Gasteiger charge is -2.25. The van der Waals surface area contributed by atoms with E-state index in [2.05, 4.69) is 5.32 Å². The number of carbonyl (C=O) groups excluding carboxylic acids is 1. The molecule has 0 bridgehead atoms. The number of benzene rings is 1. The fourth-order valence-corrected chi connectivity index (χ4v) is 4.99. The van der Waals surface area contributed by atoms with Gasteiger partial charge in [-0.2, -0.15) is 4.31 Å². The molecule has 148 valence electrons. The van der Waals surface area contributed by atoms with Gasteiger partial charge in [-0.05, 0) is 37.0 Å². The van der Waals surface area contributed by atoms with Crippen molar-refractivity contribution < 1.29 is 23.1 Å². The molecule has 1 unspecified atom stereocenters. The van der Waals surface area contributed by atoms with Crippen molar-refractivity contribution in [2.24, 2.45) is 5.92 Å². The average Bonchev–Trinajstić information content (AvgIpc) is 3.18. The lowest BCUT2D eigenvalue weighted by Crippen LogP contribution is -2.38. The number of hydrogen-bond donors (Lipinski definition) is 2. The maximum atomic E-state index is 12.6. The first-order valence-electron chi connectivity index (χ1n) is 9.22. The maximum Gasteiger partial charge on any atom is 0.317 e. The second-order valence-corrected chi connectivity index (χ2v) is 8.98. The van der Waals surface area contributed by atoms with Crippen LogP contribution in [0.4, 0.5) is 4.79 Å². The number of carbonyl (C=O) groups is 2. The molecule has 0 aromatic heterocycles. The monoisotopic (exact) mass is 395 g/mol. The van der Waals surface area contributed by atoms with Gasteiger partial charge in [0.1, 0.15) is 0 Å². The SMILES string of the molecule is O=C(O)C1CCN(C(=O)NCc2ccc(S(=O)(=O)N3CCCCC3)cc2)C1. The number of nitrogens with zero attached hydrogens (tertiary/aromatic N) is 2. The molecule has 1 aromatic rings. The topological polar surface area (TPSA) is 107 Å². The van der Waals surface area contributed by atoms with Gasteiger partial charge in [0.05, 0.1) is 10.8 Å². The molecule has 0 spiro atoms. The van der Waals surface area contributed by atoms with Crippen molar-refractivity contribution in [3.05, 3.63) is 29.8 Å². The van der Waals surface area contributed by atoms with E-state index >= 15 is 0 Å². The Balaban J connectivity index is 1.55. The van der Waals surface area contributed by atoms with Crippen LogP contribution in [-0.2, 0) is 21.4 Å². The first kappa shape index (κ1) is 19.6. The Labute approximate surface area is 159 Å². The summed E-state index contributed by atoms with van der Waals surface area (Å²) in [7, 11) is -3.46. The first-order valence-corrected chi connectivity index (χ1v) is 10.7. The van der Waals surface area contributed by atoms with E-state index in [1.165, 1.54) is 9.21 Å². The molecular weight excluding hydrogens is 370 g/mol. The molecule has 0 saturated carbocycles. The van der Waals surface area contributed by atoms with E-state index in [4.69, 9.17) is 5.11 Å². The minimum atomic E-state index is -3.46. The van der Waals surface area contributed by atoms with Gasteiger partial charge in [-0.15, -0.1) is 0 Å². The quantitative estimate of drug-likeness (QED) is 0.785. The van der Waals surface area contributed by atoms with Gasteiger partial charge in [-0.1, -0.05) is 18.6 Å². The van der Waals surface area contributed by atoms with E-state index in [9.17, 15) is 18.0 Å². The van der Waals surface area contributed by atoms with Crippen LogP contribution in [0.3, 0.4) is 0 Å². The maximum absolute atomic E-state index is 12.6. The fourth-order valence-electron chi connectivity index (χ4n) is 3.47. The van der Waals surface area contributed by atoms with Crippen molar-refractivity contribution in [2.75, 3.05) is 26.2 Å². The van der Waals surface area contributed by atoms with E-state index in [0.717, 1.165) is 24.8 Å². The summed E-state index contributed by atoms with van der Waals surface area (Å²) in [5.41, 5.74) is 0.787. The number of sulfonamides is 1. The Hall–Kier alpha value is -2.13. The number of amides is 2. The highest BCUT2D eigenvalue weighted by molar-refractivity contribution is 7.89. The lowest BCUT2D eigenvalue weighted by molar-refractivity contribution is -0.141. The van der Waals surface area contributed by atoms with Crippen molar-refractivity contribution in [1.29, 1.82) is 0 Å². The summed E-state index contributed by atoms with van der Waals surface area (Å²) < 4.78 is 26.8. The van der Waals surface area contributed by atoms with Crippen molar-refractivity contribution in [3.8, 4) is 0 Å². The van der Waals surface area contributed by atoms with Crippen molar-refractivity contribution in [3.63, 3.8) is 0 Å². The number of carboxylic acids is 1. The molecule has 2 aliphatic rings. The number of aliphatic carboxylic acids is 1. The molecule has 2 aliphatic heterocycles. The Bertz CT molecular complexity index is 788. The molecule has 2 N–H and O–H groups in total. The van der Waals surface area contributed by atoms with Crippen LogP contribution in [-0.4, -0.2) is 60.9 Å². The van der Waals surface area contributed by atoms with E-state index in [-0.39, 0.29) is 24.0 Å². The second-order valence-electron chi connectivity index (χ2n) is 7.04. The third-order valence-electron chi connectivity index (χ3n) is 5.14. The summed E-state index contributed by atoms with van der Waals surface area (Å²) in [6.07, 6.45) is 3.31. The first-order chi connectivity index (χ1) is 12.9. The molecule has 0 radical (unpaired) electrons. The van der Waals surface area contributed by atoms with E-state index < -0.39 is 21.9 Å². The van der Waals surface area contributed by atoms with Crippen LogP contribution in [0.5, 0.6) is 0 Å². The third-order valence-corrected chi connectivity index (χ3v) is 7.06. The lowest BCUT2D eigenvalue weighted by atomic mass is 10.1. The van der Waals surface area contributed by atoms with Gasteiger partial charge in [0.2, 0.25) is 10.0 Å². The molecular formula is C18H25N3O5S. The summed E-state index contributed by atoms with van der Waals surface area (Å²) in [6, 6.07) is 6.23. The predicted octanol–water partition coefficient (Wildman–Crippen LogP) is 1.48. The van der Waals surface area contributed by atoms with Crippen LogP contribution < -0.4 is 5.32 Å². The van der Waals surface area contributed by atoms with Gasteiger partial charge in [-0.3, -0.25) is 4.79 Å². The Kier molecular flexibility index (Phi) is 6.01. The Morgan fingerprint density at radius 1 is 1.07 bits per heavy atom. The molecule has 1 atom stereocenters. The Morgan fingerprint density at radius 3 is 2.33 bits per heavy atom. The minimum Gasteiger partial charge on any atom is -0.481 e. The highest BCUT2D eigenvalue weighted by Gasteiger charge is 2.30. The summed E-state index contributed by atoms with van der Waals surface area (Å²) in [5, 5.41) is 11.8. The van der Waals surface area contributed by atoms with Crippen LogP contribution in [0.25, 0.3) is 0 Å². The molecule has 27 heavy (non-hydrogen) atoms. The van der Waals surface area contributed by atoms with Gasteiger partial charge in [0, 0.05) is 32.7 Å². The van der Waals surface area contributed by atoms with Crippen molar-refractivity contribution in [1.82, 2.24) is 14.5 Å². The summed E-state index contributed by atoms with van der Waals surface area (Å²) in [4.78, 5) is 24.9. The molecule has 9 heteroatoms. The van der Waals surface area contributed by atoms with Crippen molar-refractivity contribution >= 4 is 22.0 Å². The standard InChI is InChI=1S/C18H25N3O5S/c22-17(23)15-8-11-20(13-15)18(24)19-12-14-4-6-16(7-5-14)27(25,26)21-9-2-1-3-10-21/h4-7,15H,1-3,8-13H2,(H,19,24)(H,22,23). The second kappa shape index (κ2) is 8.26. The minimum absolute atomic E-state index is 0.216. The highest BCUT2D eigenvalue weighted by Crippen LogP contribution is 2.21. The van der Waals surface area contributed by atoms with Gasteiger partial charge < -0.3 is 15.3 Å². The number of urea groups is 1. The molecule has 1 aromatic carbocycles. The molecule has 8 nitrogen and oxygen atoms in total. The van der Waals surface area contributed by atoms with Crippen molar-refractivity contribution in [2.45, 2.75) is 37.1 Å². The van der Waals surface area contributed by atoms with E-state index in [1.54, 1.807) is 24.3 Å². The Morgan fingerprint density at radius 2 is 1.74 bits per heavy atom. The summed E-state index contributed by atoms with van der Waals surface area (Å²) >= 11 is 0. The molecule has 2 amide bonds. The molecule has 2 fully saturated rings. The van der Waals surface area contributed by atoms with Gasteiger partial charge >= 0.3 is 12.0 Å². The van der Waals surface area contributed by atoms with Crippen LogP contribution in [0, 0.1) is 5.92 Å². The number of nitrogens with one attached hydrogen (secondary N) is 1. The zero-order valence-electron chi connectivity index (χ0n) is 15.1. The molecule has 0 aliphatic carbocycles. The fraction of sp³-hybridized carbons (Fsp3) is 0.556. The molecule has 3 rings (SSSR count). The number of likely N-dealkylation sites (tertiary alicyclic amines) is 1. The molecule has 2 heterocycles. The van der Waals surface area contributed by atoms with E-state index in [0.29, 0.717) is 26.1 Å². The number of rotatable bonds is 5. The zero-order chi connectivity index (χ0) is 19.4. The van der Waals surface area contributed by atoms with Crippen LogP contribution in [0.15, 0.2) is 29.2 Å². The summed E-state index contributed by atoms with van der Waals surface area (Å²) in [5.74, 6) is -1.38. The number of carboxylic acid groups (broad SMARTS) is 1. The predicted molar refractivity (Wildman–Crippen MR) is 98.6 cm³/mol. The smallest absolute Gasteiger partial charge is 0.317 e. The normalized spacial score (nSPS) is 21.2. The van der Waals surface area contributed by atoms with Crippen LogP contribution in [0.1, 0.15) is 31.2 Å². The van der Waals surface area contributed by atoms with Crippen LogP contribution in [0.2, 0.25) is 0 Å².